The fourth-order valence-corrected chi connectivity index (χ4v) is 5.17. The molecule has 0 unspecified atom stereocenters. The molecule has 0 amide bonds. The number of rotatable bonds is 3. The first-order valence-corrected chi connectivity index (χ1v) is 7.07. The van der Waals surface area contributed by atoms with Crippen LogP contribution in [0.15, 0.2) is 0 Å². The quantitative estimate of drug-likeness (QED) is 0.671. The summed E-state index contributed by atoms with van der Waals surface area (Å²) in [6, 6.07) is 0.872. The molecular formula is C13H22ClN. The summed E-state index contributed by atoms with van der Waals surface area (Å²) in [7, 11) is 2.29. The standard InChI is InChI=1S/C13H22ClN/c1-15(3-2-14)13-11-5-9-4-10(7-11)8-12(13)6-9/h9-13H,2-8H2,1H3. The minimum absolute atomic E-state index is 0.791. The monoisotopic (exact) mass is 227 g/mol. The number of halogens is 1. The Hall–Kier alpha value is 0.250. The van der Waals surface area contributed by atoms with Crippen molar-refractivity contribution in [3.8, 4) is 0 Å². The van der Waals surface area contributed by atoms with Crippen LogP contribution in [0.2, 0.25) is 0 Å². The molecule has 0 aliphatic heterocycles. The normalized spacial score (nSPS) is 47.8. The Morgan fingerprint density at radius 1 is 1.00 bits per heavy atom. The van der Waals surface area contributed by atoms with Gasteiger partial charge in [-0.3, -0.25) is 0 Å². The second-order valence-corrected chi connectivity index (χ2v) is 6.47. The highest BCUT2D eigenvalue weighted by Gasteiger charge is 2.49. The lowest BCUT2D eigenvalue weighted by Crippen LogP contribution is -2.55. The summed E-state index contributed by atoms with van der Waals surface area (Å²) in [5.41, 5.74) is 0. The number of hydrogen-bond donors (Lipinski definition) is 0. The van der Waals surface area contributed by atoms with Crippen molar-refractivity contribution >= 4 is 11.6 Å². The third kappa shape index (κ3) is 1.72. The maximum Gasteiger partial charge on any atom is 0.0351 e. The van der Waals surface area contributed by atoms with Gasteiger partial charge in [0.15, 0.2) is 0 Å². The molecule has 4 rings (SSSR count). The third-order valence-electron chi connectivity index (χ3n) is 5.12. The highest BCUT2D eigenvalue weighted by Crippen LogP contribution is 2.54. The van der Waals surface area contributed by atoms with Crippen LogP contribution in [0.3, 0.4) is 0 Å². The molecule has 0 aromatic heterocycles. The summed E-state index contributed by atoms with van der Waals surface area (Å²) < 4.78 is 0. The highest BCUT2D eigenvalue weighted by atomic mass is 35.5. The molecule has 1 nitrogen and oxygen atoms in total. The Labute approximate surface area is 98.2 Å². The van der Waals surface area contributed by atoms with Crippen LogP contribution in [0.5, 0.6) is 0 Å². The zero-order valence-electron chi connectivity index (χ0n) is 9.66. The molecule has 0 aromatic carbocycles. The van der Waals surface area contributed by atoms with E-state index in [-0.39, 0.29) is 0 Å². The van der Waals surface area contributed by atoms with E-state index in [9.17, 15) is 0 Å². The van der Waals surface area contributed by atoms with Gasteiger partial charge < -0.3 is 4.90 Å². The number of hydrogen-bond acceptors (Lipinski definition) is 1. The molecule has 15 heavy (non-hydrogen) atoms. The van der Waals surface area contributed by atoms with Crippen molar-refractivity contribution in [3.63, 3.8) is 0 Å². The fraction of sp³-hybridized carbons (Fsp3) is 1.00. The molecule has 4 saturated carbocycles. The van der Waals surface area contributed by atoms with E-state index in [1.54, 1.807) is 6.42 Å². The minimum atomic E-state index is 0.791. The van der Waals surface area contributed by atoms with Gasteiger partial charge in [0.05, 0.1) is 0 Å². The van der Waals surface area contributed by atoms with Crippen molar-refractivity contribution in [1.82, 2.24) is 4.90 Å². The van der Waals surface area contributed by atoms with Gasteiger partial charge in [-0.25, -0.2) is 0 Å². The molecule has 0 atom stereocenters. The average molecular weight is 228 g/mol. The largest absolute Gasteiger partial charge is 0.302 e. The minimum Gasteiger partial charge on any atom is -0.302 e. The lowest BCUT2D eigenvalue weighted by Gasteiger charge is -2.56. The molecule has 0 saturated heterocycles. The maximum absolute atomic E-state index is 5.87. The average Bonchev–Trinajstić information content (AvgIpc) is 2.15. The predicted octanol–water partition coefficient (Wildman–Crippen LogP) is 2.98. The number of nitrogens with zero attached hydrogens (tertiary/aromatic N) is 1. The summed E-state index contributed by atoms with van der Waals surface area (Å²) in [6.45, 7) is 1.08. The molecule has 2 heteroatoms. The molecule has 86 valence electrons. The molecule has 0 aromatic rings. The Kier molecular flexibility index (Phi) is 2.72. The summed E-state index contributed by atoms with van der Waals surface area (Å²) in [6.07, 6.45) is 7.63. The van der Waals surface area contributed by atoms with Gasteiger partial charge in [0.25, 0.3) is 0 Å². The second-order valence-electron chi connectivity index (χ2n) is 6.09. The van der Waals surface area contributed by atoms with Crippen molar-refractivity contribution in [3.05, 3.63) is 0 Å². The van der Waals surface area contributed by atoms with Gasteiger partial charge in [0, 0.05) is 18.5 Å². The van der Waals surface area contributed by atoms with Gasteiger partial charge in [-0.05, 0) is 62.8 Å². The van der Waals surface area contributed by atoms with E-state index < -0.39 is 0 Å². The Bertz CT molecular complexity index is 213. The fourth-order valence-electron chi connectivity index (χ4n) is 4.90. The highest BCUT2D eigenvalue weighted by molar-refractivity contribution is 6.18. The summed E-state index contributed by atoms with van der Waals surface area (Å²) in [4.78, 5) is 2.56. The van der Waals surface area contributed by atoms with E-state index in [1.807, 2.05) is 0 Å². The topological polar surface area (TPSA) is 3.24 Å². The van der Waals surface area contributed by atoms with Crippen LogP contribution in [-0.2, 0) is 0 Å². The van der Waals surface area contributed by atoms with Gasteiger partial charge in [-0.2, -0.15) is 0 Å². The summed E-state index contributed by atoms with van der Waals surface area (Å²) >= 11 is 5.87. The van der Waals surface area contributed by atoms with Gasteiger partial charge in [0.1, 0.15) is 0 Å². The van der Waals surface area contributed by atoms with Crippen LogP contribution < -0.4 is 0 Å². The molecule has 4 aliphatic carbocycles. The summed E-state index contributed by atoms with van der Waals surface area (Å²) in [5.74, 6) is 4.99. The smallest absolute Gasteiger partial charge is 0.0351 e. The zero-order valence-corrected chi connectivity index (χ0v) is 10.4. The van der Waals surface area contributed by atoms with Crippen molar-refractivity contribution < 1.29 is 0 Å². The second kappa shape index (κ2) is 3.92. The number of alkyl halides is 1. The Balaban J connectivity index is 1.74. The molecule has 0 radical (unpaired) electrons. The van der Waals surface area contributed by atoms with Crippen LogP contribution in [0.4, 0.5) is 0 Å². The first-order valence-electron chi connectivity index (χ1n) is 6.54. The van der Waals surface area contributed by atoms with E-state index in [4.69, 9.17) is 11.6 Å². The molecule has 0 spiro atoms. The predicted molar refractivity (Wildman–Crippen MR) is 64.2 cm³/mol. The van der Waals surface area contributed by atoms with E-state index in [1.165, 1.54) is 25.7 Å². The summed E-state index contributed by atoms with van der Waals surface area (Å²) in [5, 5.41) is 0. The first kappa shape index (κ1) is 10.4. The van der Waals surface area contributed by atoms with Gasteiger partial charge in [0.2, 0.25) is 0 Å². The lowest BCUT2D eigenvalue weighted by molar-refractivity contribution is -0.0556. The van der Waals surface area contributed by atoms with Crippen LogP contribution in [0.1, 0.15) is 32.1 Å². The van der Waals surface area contributed by atoms with Crippen molar-refractivity contribution in [1.29, 1.82) is 0 Å². The van der Waals surface area contributed by atoms with Crippen LogP contribution in [0, 0.1) is 23.7 Å². The molecule has 0 N–H and O–H groups in total. The van der Waals surface area contributed by atoms with Crippen LogP contribution in [0.25, 0.3) is 0 Å². The van der Waals surface area contributed by atoms with Gasteiger partial charge in [-0.1, -0.05) is 0 Å². The molecule has 4 aliphatic rings. The maximum atomic E-state index is 5.87. The molecule has 0 heterocycles. The van der Waals surface area contributed by atoms with Crippen LogP contribution >= 0.6 is 11.6 Å². The van der Waals surface area contributed by atoms with E-state index in [0.29, 0.717) is 0 Å². The van der Waals surface area contributed by atoms with Gasteiger partial charge in [-0.15, -0.1) is 11.6 Å². The third-order valence-corrected chi connectivity index (χ3v) is 5.29. The Morgan fingerprint density at radius 2 is 1.53 bits per heavy atom. The Morgan fingerprint density at radius 3 is 2.00 bits per heavy atom. The zero-order chi connectivity index (χ0) is 10.4. The first-order chi connectivity index (χ1) is 7.28. The lowest BCUT2D eigenvalue weighted by atomic mass is 9.54. The van der Waals surface area contributed by atoms with Gasteiger partial charge >= 0.3 is 0 Å². The molecule has 4 fully saturated rings. The molecule has 4 bridgehead atoms. The van der Waals surface area contributed by atoms with E-state index in [2.05, 4.69) is 11.9 Å². The van der Waals surface area contributed by atoms with Crippen molar-refractivity contribution in [2.45, 2.75) is 38.1 Å². The van der Waals surface area contributed by atoms with Crippen LogP contribution in [-0.4, -0.2) is 30.4 Å². The SMILES string of the molecule is CN(CCCl)C1C2CC3CC(C2)CC1C3. The van der Waals surface area contributed by atoms with Crippen molar-refractivity contribution in [2.75, 3.05) is 19.5 Å². The molecular weight excluding hydrogens is 206 g/mol. The van der Waals surface area contributed by atoms with Crippen molar-refractivity contribution in [2.24, 2.45) is 23.7 Å². The van der Waals surface area contributed by atoms with E-state index in [0.717, 1.165) is 42.1 Å². The van der Waals surface area contributed by atoms with E-state index >= 15 is 0 Å².